The maximum Gasteiger partial charge on any atom is 0.197 e. The van der Waals surface area contributed by atoms with Crippen molar-refractivity contribution in [3.05, 3.63) is 57.7 Å². The van der Waals surface area contributed by atoms with Gasteiger partial charge in [-0.25, -0.2) is 0 Å². The molecule has 0 bridgehead atoms. The van der Waals surface area contributed by atoms with E-state index in [-0.39, 0.29) is 5.43 Å². The Morgan fingerprint density at radius 2 is 1.50 bits per heavy atom. The third kappa shape index (κ3) is 1.46. The number of pyridine rings is 1. The molecule has 0 saturated heterocycles. The molecule has 0 radical (unpaired) electrons. The Labute approximate surface area is 105 Å². The van der Waals surface area contributed by atoms with Crippen molar-refractivity contribution in [1.82, 2.24) is 4.57 Å². The molecule has 3 aromatic rings. The van der Waals surface area contributed by atoms with Gasteiger partial charge >= 0.3 is 0 Å². The topological polar surface area (TPSA) is 22.0 Å². The monoisotopic (exact) mass is 237 g/mol. The van der Waals surface area contributed by atoms with Gasteiger partial charge in [0.05, 0.1) is 11.0 Å². The number of rotatable bonds is 0. The number of aromatic nitrogens is 1. The second-order valence-electron chi connectivity index (χ2n) is 4.93. The van der Waals surface area contributed by atoms with E-state index in [9.17, 15) is 4.79 Å². The van der Waals surface area contributed by atoms with E-state index in [0.29, 0.717) is 0 Å². The second-order valence-corrected chi connectivity index (χ2v) is 4.93. The first-order valence-corrected chi connectivity index (χ1v) is 6.07. The van der Waals surface area contributed by atoms with Crippen molar-refractivity contribution in [2.75, 3.05) is 0 Å². The first-order chi connectivity index (χ1) is 8.58. The molecule has 0 N–H and O–H groups in total. The highest BCUT2D eigenvalue weighted by Gasteiger charge is 2.08. The summed E-state index contributed by atoms with van der Waals surface area (Å²) in [7, 11) is 2.01. The number of nitrogens with zero attached hydrogens (tertiary/aromatic N) is 1. The van der Waals surface area contributed by atoms with Crippen LogP contribution in [0, 0.1) is 13.8 Å². The number of hydrogen-bond acceptors (Lipinski definition) is 1. The molecule has 0 aliphatic rings. The average molecular weight is 237 g/mol. The van der Waals surface area contributed by atoms with Gasteiger partial charge in [-0.1, -0.05) is 17.7 Å². The van der Waals surface area contributed by atoms with Gasteiger partial charge in [-0.05, 0) is 43.7 Å². The minimum atomic E-state index is 0.127. The summed E-state index contributed by atoms with van der Waals surface area (Å²) in [5.74, 6) is 0. The quantitative estimate of drug-likeness (QED) is 0.550. The summed E-state index contributed by atoms with van der Waals surface area (Å²) in [6, 6.07) is 12.0. The van der Waals surface area contributed by atoms with Crippen LogP contribution in [0.15, 0.2) is 41.2 Å². The molecule has 18 heavy (non-hydrogen) atoms. The van der Waals surface area contributed by atoms with E-state index < -0.39 is 0 Å². The Bertz CT molecular complexity index is 828. The predicted octanol–water partition coefficient (Wildman–Crippen LogP) is 3.31. The fourth-order valence-corrected chi connectivity index (χ4v) is 2.51. The van der Waals surface area contributed by atoms with Crippen LogP contribution in [-0.4, -0.2) is 4.57 Å². The molecule has 3 rings (SSSR count). The summed E-state index contributed by atoms with van der Waals surface area (Å²) in [6.45, 7) is 4.06. The SMILES string of the molecule is Cc1ccc2c(c1)c(=O)c1ccc(C)cc1n2C. The summed E-state index contributed by atoms with van der Waals surface area (Å²) < 4.78 is 2.10. The van der Waals surface area contributed by atoms with Gasteiger partial charge in [0.25, 0.3) is 0 Å². The van der Waals surface area contributed by atoms with E-state index in [4.69, 9.17) is 0 Å². The Kier molecular flexibility index (Phi) is 2.27. The van der Waals surface area contributed by atoms with Crippen LogP contribution in [0.2, 0.25) is 0 Å². The average Bonchev–Trinajstić information content (AvgIpc) is 2.36. The molecule has 0 unspecified atom stereocenters. The molecular formula is C16H15NO. The van der Waals surface area contributed by atoms with Gasteiger partial charge in [-0.15, -0.1) is 0 Å². The van der Waals surface area contributed by atoms with Crippen LogP contribution in [0.3, 0.4) is 0 Å². The van der Waals surface area contributed by atoms with Crippen molar-refractivity contribution in [3.8, 4) is 0 Å². The van der Waals surface area contributed by atoms with Gasteiger partial charge in [0.15, 0.2) is 5.43 Å². The lowest BCUT2D eigenvalue weighted by Gasteiger charge is -2.11. The van der Waals surface area contributed by atoms with Crippen molar-refractivity contribution < 1.29 is 0 Å². The first kappa shape index (κ1) is 11.0. The molecule has 2 nitrogen and oxygen atoms in total. The molecule has 0 aliphatic carbocycles. The van der Waals surface area contributed by atoms with E-state index in [0.717, 1.165) is 27.4 Å². The summed E-state index contributed by atoms with van der Waals surface area (Å²) in [6.07, 6.45) is 0. The van der Waals surface area contributed by atoms with Crippen LogP contribution in [0.4, 0.5) is 0 Å². The van der Waals surface area contributed by atoms with Gasteiger partial charge in [-0.3, -0.25) is 4.79 Å². The van der Waals surface area contributed by atoms with Gasteiger partial charge in [-0.2, -0.15) is 0 Å². The second kappa shape index (κ2) is 3.70. The Balaban J connectivity index is 2.65. The van der Waals surface area contributed by atoms with Gasteiger partial charge in [0, 0.05) is 17.8 Å². The lowest BCUT2D eigenvalue weighted by Crippen LogP contribution is -2.09. The normalized spacial score (nSPS) is 11.3. The van der Waals surface area contributed by atoms with Crippen molar-refractivity contribution in [2.24, 2.45) is 7.05 Å². The molecule has 0 aliphatic heterocycles. The number of aryl methyl sites for hydroxylation is 3. The highest BCUT2D eigenvalue weighted by Crippen LogP contribution is 2.19. The molecule has 90 valence electrons. The van der Waals surface area contributed by atoms with Crippen molar-refractivity contribution in [1.29, 1.82) is 0 Å². The smallest absolute Gasteiger partial charge is 0.197 e. The van der Waals surface area contributed by atoms with Crippen LogP contribution >= 0.6 is 0 Å². The van der Waals surface area contributed by atoms with Crippen LogP contribution in [-0.2, 0) is 7.05 Å². The van der Waals surface area contributed by atoms with Crippen LogP contribution < -0.4 is 5.43 Å². The van der Waals surface area contributed by atoms with Gasteiger partial charge in [0.1, 0.15) is 0 Å². The van der Waals surface area contributed by atoms with Crippen LogP contribution in [0.1, 0.15) is 11.1 Å². The van der Waals surface area contributed by atoms with E-state index >= 15 is 0 Å². The largest absolute Gasteiger partial charge is 0.343 e. The fourth-order valence-electron chi connectivity index (χ4n) is 2.51. The maximum absolute atomic E-state index is 12.5. The molecule has 0 saturated carbocycles. The number of hydrogen-bond donors (Lipinski definition) is 0. The molecule has 1 aromatic heterocycles. The van der Waals surface area contributed by atoms with E-state index in [1.165, 1.54) is 5.56 Å². The molecule has 1 heterocycles. The highest BCUT2D eigenvalue weighted by molar-refractivity contribution is 5.93. The zero-order chi connectivity index (χ0) is 12.9. The maximum atomic E-state index is 12.5. The third-order valence-electron chi connectivity index (χ3n) is 3.52. The highest BCUT2D eigenvalue weighted by atomic mass is 16.1. The standard InChI is InChI=1S/C16H15NO/c1-10-5-7-14-13(8-10)16(18)12-6-4-11(2)9-15(12)17(14)3/h4-9H,1-3H3. The molecular weight excluding hydrogens is 222 g/mol. The summed E-state index contributed by atoms with van der Waals surface area (Å²) in [4.78, 5) is 12.5. The Morgan fingerprint density at radius 1 is 0.833 bits per heavy atom. The molecule has 0 spiro atoms. The van der Waals surface area contributed by atoms with Crippen molar-refractivity contribution in [3.63, 3.8) is 0 Å². The van der Waals surface area contributed by atoms with Crippen molar-refractivity contribution >= 4 is 21.8 Å². The zero-order valence-corrected chi connectivity index (χ0v) is 10.8. The zero-order valence-electron chi connectivity index (χ0n) is 10.8. The number of benzene rings is 2. The summed E-state index contributed by atoms with van der Waals surface area (Å²) >= 11 is 0. The number of fused-ring (bicyclic) bond motifs is 2. The van der Waals surface area contributed by atoms with Crippen LogP contribution in [0.5, 0.6) is 0 Å². The molecule has 2 aromatic carbocycles. The minimum Gasteiger partial charge on any atom is -0.343 e. The van der Waals surface area contributed by atoms with E-state index in [1.807, 2.05) is 51.2 Å². The molecule has 0 amide bonds. The third-order valence-corrected chi connectivity index (χ3v) is 3.52. The summed E-state index contributed by atoms with van der Waals surface area (Å²) in [5.41, 5.74) is 4.40. The Hall–Kier alpha value is -2.09. The fraction of sp³-hybridized carbons (Fsp3) is 0.188. The summed E-state index contributed by atoms with van der Waals surface area (Å²) in [5, 5.41) is 1.59. The van der Waals surface area contributed by atoms with Gasteiger partial charge < -0.3 is 4.57 Å². The van der Waals surface area contributed by atoms with Crippen LogP contribution in [0.25, 0.3) is 21.8 Å². The predicted molar refractivity (Wildman–Crippen MR) is 76.2 cm³/mol. The minimum absolute atomic E-state index is 0.127. The molecule has 0 fully saturated rings. The first-order valence-electron chi connectivity index (χ1n) is 6.07. The lowest BCUT2D eigenvalue weighted by molar-refractivity contribution is 1.00. The van der Waals surface area contributed by atoms with Gasteiger partial charge in [0.2, 0.25) is 0 Å². The van der Waals surface area contributed by atoms with E-state index in [2.05, 4.69) is 10.6 Å². The molecule has 0 atom stereocenters. The Morgan fingerprint density at radius 3 is 2.28 bits per heavy atom. The van der Waals surface area contributed by atoms with Crippen molar-refractivity contribution in [2.45, 2.75) is 13.8 Å². The van der Waals surface area contributed by atoms with E-state index in [1.54, 1.807) is 0 Å². The lowest BCUT2D eigenvalue weighted by atomic mass is 10.1. The molecule has 2 heteroatoms.